The molecule has 2 atom stereocenters. The molecule has 1 saturated heterocycles. The van der Waals surface area contributed by atoms with Gasteiger partial charge in [-0.05, 0) is 18.4 Å². The quantitative estimate of drug-likeness (QED) is 0.871. The fraction of sp³-hybridized carbons (Fsp3) is 0.421. The van der Waals surface area contributed by atoms with E-state index in [1.54, 1.807) is 0 Å². The molecule has 5 heteroatoms. The van der Waals surface area contributed by atoms with Gasteiger partial charge < -0.3 is 9.80 Å². The molecule has 2 heterocycles. The average molecular weight is 322 g/mol. The first kappa shape index (κ1) is 15.1. The Bertz CT molecular complexity index is 725. The third-order valence-corrected chi connectivity index (χ3v) is 5.01. The van der Waals surface area contributed by atoms with E-state index >= 15 is 0 Å². The van der Waals surface area contributed by atoms with Gasteiger partial charge in [0.2, 0.25) is 5.91 Å². The largest absolute Gasteiger partial charge is 0.353 e. The zero-order chi connectivity index (χ0) is 16.5. The van der Waals surface area contributed by atoms with Gasteiger partial charge in [-0.2, -0.15) is 0 Å². The monoisotopic (exact) mass is 322 g/mol. The van der Waals surface area contributed by atoms with Crippen molar-refractivity contribution in [1.82, 2.24) is 14.9 Å². The third-order valence-electron chi connectivity index (χ3n) is 5.01. The van der Waals surface area contributed by atoms with Gasteiger partial charge >= 0.3 is 0 Å². The van der Waals surface area contributed by atoms with Crippen molar-refractivity contribution in [3.8, 4) is 11.4 Å². The molecule has 2 fully saturated rings. The number of carbonyl (C=O) groups excluding carboxylic acids is 1. The van der Waals surface area contributed by atoms with Crippen molar-refractivity contribution in [3.63, 3.8) is 0 Å². The number of hydrogen-bond donors (Lipinski definition) is 0. The number of aromatic nitrogens is 2. The molecule has 1 aliphatic heterocycles. The van der Waals surface area contributed by atoms with Crippen molar-refractivity contribution in [2.45, 2.75) is 13.3 Å². The molecule has 0 N–H and O–H groups in total. The van der Waals surface area contributed by atoms with E-state index in [-0.39, 0.29) is 5.92 Å². The number of piperazine rings is 1. The smallest absolute Gasteiger partial charge is 0.226 e. The molecule has 2 aromatic rings. The van der Waals surface area contributed by atoms with Crippen LogP contribution in [0.25, 0.3) is 11.4 Å². The minimum atomic E-state index is 0.278. The van der Waals surface area contributed by atoms with Gasteiger partial charge in [0, 0.05) is 43.9 Å². The number of anilines is 1. The van der Waals surface area contributed by atoms with Crippen LogP contribution < -0.4 is 4.90 Å². The fourth-order valence-electron chi connectivity index (χ4n) is 3.31. The highest BCUT2D eigenvalue weighted by Crippen LogP contribution is 2.39. The first-order valence-electron chi connectivity index (χ1n) is 8.64. The van der Waals surface area contributed by atoms with Crippen LogP contribution in [0.5, 0.6) is 0 Å². The molecule has 4 rings (SSSR count). The second-order valence-electron chi connectivity index (χ2n) is 6.74. The standard InChI is InChI=1S/C19H22N4O/c1-14-13-16(14)19(24)23-11-9-22(10-12-23)17-7-8-20-18(21-17)15-5-3-2-4-6-15/h2-8,14,16H,9-13H2,1H3/t14-,16+/m0/s1. The summed E-state index contributed by atoms with van der Waals surface area (Å²) in [7, 11) is 0. The Kier molecular flexibility index (Phi) is 3.92. The van der Waals surface area contributed by atoms with Crippen molar-refractivity contribution < 1.29 is 4.79 Å². The zero-order valence-corrected chi connectivity index (χ0v) is 13.9. The van der Waals surface area contributed by atoms with Crippen LogP contribution in [0.3, 0.4) is 0 Å². The van der Waals surface area contributed by atoms with Crippen LogP contribution in [0, 0.1) is 11.8 Å². The predicted octanol–water partition coefficient (Wildman–Crippen LogP) is 2.45. The summed E-state index contributed by atoms with van der Waals surface area (Å²) in [6.45, 7) is 5.39. The highest BCUT2D eigenvalue weighted by atomic mass is 16.2. The lowest BCUT2D eigenvalue weighted by molar-refractivity contribution is -0.133. The van der Waals surface area contributed by atoms with Crippen LogP contribution in [-0.4, -0.2) is 47.0 Å². The number of rotatable bonds is 3. The summed E-state index contributed by atoms with van der Waals surface area (Å²) in [5, 5.41) is 0. The maximum atomic E-state index is 12.3. The van der Waals surface area contributed by atoms with Gasteiger partial charge in [0.25, 0.3) is 0 Å². The van der Waals surface area contributed by atoms with Crippen LogP contribution in [0.15, 0.2) is 42.6 Å². The topological polar surface area (TPSA) is 49.3 Å². The molecule has 5 nitrogen and oxygen atoms in total. The minimum absolute atomic E-state index is 0.278. The summed E-state index contributed by atoms with van der Waals surface area (Å²) in [5.74, 6) is 2.88. The van der Waals surface area contributed by atoms with Gasteiger partial charge in [-0.15, -0.1) is 0 Å². The average Bonchev–Trinajstić information content (AvgIpc) is 3.39. The van der Waals surface area contributed by atoms with E-state index in [1.807, 2.05) is 47.5 Å². The molecule has 24 heavy (non-hydrogen) atoms. The molecule has 0 unspecified atom stereocenters. The molecule has 1 aromatic heterocycles. The van der Waals surface area contributed by atoms with Crippen LogP contribution in [0.1, 0.15) is 13.3 Å². The highest BCUT2D eigenvalue weighted by molar-refractivity contribution is 5.81. The Morgan fingerprint density at radius 1 is 1.08 bits per heavy atom. The number of benzene rings is 1. The second kappa shape index (κ2) is 6.23. The molecule has 0 radical (unpaired) electrons. The Morgan fingerprint density at radius 3 is 2.46 bits per heavy atom. The lowest BCUT2D eigenvalue weighted by atomic mass is 10.2. The summed E-state index contributed by atoms with van der Waals surface area (Å²) in [4.78, 5) is 25.7. The van der Waals surface area contributed by atoms with Crippen molar-refractivity contribution in [2.75, 3.05) is 31.1 Å². The van der Waals surface area contributed by atoms with E-state index in [9.17, 15) is 4.79 Å². The molecule has 1 amide bonds. The van der Waals surface area contributed by atoms with Gasteiger partial charge in [-0.3, -0.25) is 4.79 Å². The van der Waals surface area contributed by atoms with Crippen LogP contribution >= 0.6 is 0 Å². The van der Waals surface area contributed by atoms with Crippen molar-refractivity contribution in [2.24, 2.45) is 11.8 Å². The van der Waals surface area contributed by atoms with Crippen LogP contribution in [0.2, 0.25) is 0 Å². The number of hydrogen-bond acceptors (Lipinski definition) is 4. The summed E-state index contributed by atoms with van der Waals surface area (Å²) in [6, 6.07) is 12.0. The summed E-state index contributed by atoms with van der Waals surface area (Å²) < 4.78 is 0. The molecule has 0 bridgehead atoms. The first-order valence-corrected chi connectivity index (χ1v) is 8.64. The highest BCUT2D eigenvalue weighted by Gasteiger charge is 2.42. The van der Waals surface area contributed by atoms with E-state index in [0.29, 0.717) is 11.8 Å². The Labute approximate surface area is 142 Å². The van der Waals surface area contributed by atoms with Gasteiger partial charge in [-0.1, -0.05) is 37.3 Å². The Morgan fingerprint density at radius 2 is 1.79 bits per heavy atom. The lowest BCUT2D eigenvalue weighted by Crippen LogP contribution is -2.49. The molecule has 124 valence electrons. The lowest BCUT2D eigenvalue weighted by Gasteiger charge is -2.35. The van der Waals surface area contributed by atoms with Gasteiger partial charge in [0.15, 0.2) is 5.82 Å². The summed E-state index contributed by atoms with van der Waals surface area (Å²) in [6.07, 6.45) is 2.87. The number of carbonyl (C=O) groups is 1. The normalized spacial score (nSPS) is 23.2. The summed E-state index contributed by atoms with van der Waals surface area (Å²) in [5.41, 5.74) is 1.02. The van der Waals surface area contributed by atoms with E-state index < -0.39 is 0 Å². The van der Waals surface area contributed by atoms with E-state index in [4.69, 9.17) is 4.98 Å². The maximum absolute atomic E-state index is 12.3. The van der Waals surface area contributed by atoms with Gasteiger partial charge in [0.1, 0.15) is 5.82 Å². The summed E-state index contributed by atoms with van der Waals surface area (Å²) >= 11 is 0. The van der Waals surface area contributed by atoms with Crippen LogP contribution in [0.4, 0.5) is 5.82 Å². The molecule has 0 spiro atoms. The molecule has 2 aliphatic rings. The first-order chi connectivity index (χ1) is 11.7. The number of nitrogens with zero attached hydrogens (tertiary/aromatic N) is 4. The molecule has 1 aliphatic carbocycles. The van der Waals surface area contributed by atoms with Gasteiger partial charge in [-0.25, -0.2) is 9.97 Å². The Hall–Kier alpha value is -2.43. The minimum Gasteiger partial charge on any atom is -0.353 e. The third kappa shape index (κ3) is 2.98. The zero-order valence-electron chi connectivity index (χ0n) is 13.9. The Balaban J connectivity index is 1.43. The van der Waals surface area contributed by atoms with Crippen LogP contribution in [-0.2, 0) is 4.79 Å². The molecular weight excluding hydrogens is 300 g/mol. The molecule has 1 aromatic carbocycles. The van der Waals surface area contributed by atoms with E-state index in [0.717, 1.165) is 49.8 Å². The fourth-order valence-corrected chi connectivity index (χ4v) is 3.31. The SMILES string of the molecule is C[C@H]1C[C@H]1C(=O)N1CCN(c2ccnc(-c3ccccc3)n2)CC1. The van der Waals surface area contributed by atoms with Crippen molar-refractivity contribution in [1.29, 1.82) is 0 Å². The van der Waals surface area contributed by atoms with E-state index in [2.05, 4.69) is 16.8 Å². The molecular formula is C19H22N4O. The predicted molar refractivity (Wildman–Crippen MR) is 93.5 cm³/mol. The van der Waals surface area contributed by atoms with Gasteiger partial charge in [0.05, 0.1) is 0 Å². The van der Waals surface area contributed by atoms with E-state index in [1.165, 1.54) is 0 Å². The molecule has 1 saturated carbocycles. The maximum Gasteiger partial charge on any atom is 0.226 e. The van der Waals surface area contributed by atoms with Crippen molar-refractivity contribution >= 4 is 11.7 Å². The number of amides is 1. The van der Waals surface area contributed by atoms with Crippen molar-refractivity contribution in [3.05, 3.63) is 42.6 Å². The second-order valence-corrected chi connectivity index (χ2v) is 6.74.